The Balaban J connectivity index is 0. The summed E-state index contributed by atoms with van der Waals surface area (Å²) in [4.78, 5) is 11.9. The minimum absolute atomic E-state index is 0.0257. The van der Waals surface area contributed by atoms with Gasteiger partial charge in [-0.2, -0.15) is 0 Å². The SMILES string of the molecule is CCCCCCCCCCCCCCCCCC(O)CCCCCCCCCCCCCCCC.CCCCCCCCCCCCCCCCOC(=O)CCCCCCCCCCCCCCC. The number of carbonyl (C=O) groups excluding carboxylic acids is 1. The highest BCUT2D eigenvalue weighted by molar-refractivity contribution is 5.69. The molecule has 69 heavy (non-hydrogen) atoms. The lowest BCUT2D eigenvalue weighted by atomic mass is 10.0. The van der Waals surface area contributed by atoms with E-state index in [9.17, 15) is 9.90 Å². The van der Waals surface area contributed by atoms with Gasteiger partial charge in [0.25, 0.3) is 0 Å². The predicted octanol–water partition coefficient (Wildman–Crippen LogP) is 24.0. The Labute approximate surface area is 438 Å². The van der Waals surface area contributed by atoms with Crippen LogP contribution in [0.25, 0.3) is 0 Å². The van der Waals surface area contributed by atoms with Crippen molar-refractivity contribution in [3.05, 3.63) is 0 Å². The second-order valence-electron chi connectivity index (χ2n) is 22.6. The molecule has 0 spiro atoms. The Morgan fingerprint density at radius 3 is 0.652 bits per heavy atom. The van der Waals surface area contributed by atoms with Gasteiger partial charge in [-0.3, -0.25) is 4.79 Å². The van der Waals surface area contributed by atoms with Crippen molar-refractivity contribution in [2.45, 2.75) is 413 Å². The van der Waals surface area contributed by atoms with Crippen molar-refractivity contribution in [1.82, 2.24) is 0 Å². The molecule has 0 amide bonds. The zero-order valence-corrected chi connectivity index (χ0v) is 48.8. The van der Waals surface area contributed by atoms with E-state index in [-0.39, 0.29) is 12.1 Å². The van der Waals surface area contributed by atoms with Crippen LogP contribution in [0.5, 0.6) is 0 Å². The molecule has 0 rings (SSSR count). The van der Waals surface area contributed by atoms with Crippen LogP contribution in [0.15, 0.2) is 0 Å². The van der Waals surface area contributed by atoms with Crippen molar-refractivity contribution < 1.29 is 14.6 Å². The number of esters is 1. The minimum Gasteiger partial charge on any atom is -0.466 e. The van der Waals surface area contributed by atoms with E-state index in [0.29, 0.717) is 13.0 Å². The van der Waals surface area contributed by atoms with Gasteiger partial charge in [-0.25, -0.2) is 0 Å². The maximum Gasteiger partial charge on any atom is 0.305 e. The lowest BCUT2D eigenvalue weighted by Crippen LogP contribution is -2.05. The first kappa shape index (κ1) is 70.5. The standard InChI is InChI=1S/C34H70O.C32H64O2/c1-3-5-7-9-11-13-15-17-19-21-23-25-27-29-31-33-34(35)32-30-28-26-24-22-20-18-16-14-12-10-8-6-4-2;1-3-5-7-9-11-13-15-17-19-21-23-25-27-29-31-34-32(33)30-28-26-24-22-20-18-16-14-12-10-8-6-4-2/h34-35H,3-33H2,1-2H3;3-31H2,1-2H3. The summed E-state index contributed by atoms with van der Waals surface area (Å²) in [7, 11) is 0. The van der Waals surface area contributed by atoms with E-state index in [2.05, 4.69) is 27.7 Å². The van der Waals surface area contributed by atoms with Crippen LogP contribution in [0, 0.1) is 0 Å². The average molecular weight is 976 g/mol. The van der Waals surface area contributed by atoms with E-state index in [1.54, 1.807) is 0 Å². The molecule has 1 atom stereocenters. The molecule has 3 nitrogen and oxygen atoms in total. The van der Waals surface area contributed by atoms with Crippen molar-refractivity contribution >= 4 is 5.97 Å². The fourth-order valence-corrected chi connectivity index (χ4v) is 10.3. The molecule has 0 aromatic carbocycles. The number of aliphatic hydroxyl groups is 1. The van der Waals surface area contributed by atoms with Crippen LogP contribution in [-0.2, 0) is 9.53 Å². The fraction of sp³-hybridized carbons (Fsp3) is 0.985. The molecule has 0 aromatic rings. The highest BCUT2D eigenvalue weighted by Crippen LogP contribution is 2.19. The summed E-state index contributed by atoms with van der Waals surface area (Å²) in [5.74, 6) is 0.0257. The van der Waals surface area contributed by atoms with Crippen molar-refractivity contribution in [2.24, 2.45) is 0 Å². The van der Waals surface area contributed by atoms with E-state index in [1.807, 2.05) is 0 Å². The third kappa shape index (κ3) is 69.5. The third-order valence-electron chi connectivity index (χ3n) is 15.3. The van der Waals surface area contributed by atoms with Gasteiger partial charge in [0.1, 0.15) is 0 Å². The first-order valence-corrected chi connectivity index (χ1v) is 33.0. The molecular weight excluding hydrogens is 841 g/mol. The second kappa shape index (κ2) is 67.4. The summed E-state index contributed by atoms with van der Waals surface area (Å²) in [6.45, 7) is 9.79. The largest absolute Gasteiger partial charge is 0.466 e. The summed E-state index contributed by atoms with van der Waals surface area (Å²) in [6.07, 6.45) is 80.2. The van der Waals surface area contributed by atoms with Crippen molar-refractivity contribution in [2.75, 3.05) is 6.61 Å². The first-order valence-electron chi connectivity index (χ1n) is 33.0. The van der Waals surface area contributed by atoms with E-state index >= 15 is 0 Å². The number of rotatable bonds is 60. The monoisotopic (exact) mass is 975 g/mol. The zero-order chi connectivity index (χ0) is 50.3. The first-order chi connectivity index (χ1) is 34.1. The third-order valence-corrected chi connectivity index (χ3v) is 15.3. The predicted molar refractivity (Wildman–Crippen MR) is 312 cm³/mol. The number of carbonyl (C=O) groups is 1. The van der Waals surface area contributed by atoms with Gasteiger partial charge < -0.3 is 9.84 Å². The molecule has 1 N–H and O–H groups in total. The van der Waals surface area contributed by atoms with Gasteiger partial charge in [-0.05, 0) is 25.7 Å². The van der Waals surface area contributed by atoms with Crippen LogP contribution in [-0.4, -0.2) is 23.8 Å². The summed E-state index contributed by atoms with van der Waals surface area (Å²) in [6, 6.07) is 0. The molecule has 0 aliphatic carbocycles. The normalized spacial score (nSPS) is 11.8. The van der Waals surface area contributed by atoms with E-state index in [0.717, 1.165) is 25.7 Å². The Hall–Kier alpha value is -0.570. The van der Waals surface area contributed by atoms with E-state index < -0.39 is 0 Å². The average Bonchev–Trinajstić information content (AvgIpc) is 3.35. The summed E-state index contributed by atoms with van der Waals surface area (Å²) >= 11 is 0. The van der Waals surface area contributed by atoms with Crippen LogP contribution < -0.4 is 0 Å². The minimum atomic E-state index is -0.0331. The van der Waals surface area contributed by atoms with E-state index in [1.165, 1.54) is 347 Å². The van der Waals surface area contributed by atoms with Gasteiger partial charge in [-0.15, -0.1) is 0 Å². The van der Waals surface area contributed by atoms with Gasteiger partial charge >= 0.3 is 5.97 Å². The number of hydrogen-bond acceptors (Lipinski definition) is 3. The molecule has 0 heterocycles. The van der Waals surface area contributed by atoms with E-state index in [4.69, 9.17) is 4.74 Å². The number of hydrogen-bond donors (Lipinski definition) is 1. The molecular formula is C66H134O3. The van der Waals surface area contributed by atoms with Crippen LogP contribution in [0.1, 0.15) is 407 Å². The highest BCUT2D eigenvalue weighted by atomic mass is 16.5. The number of unbranched alkanes of at least 4 members (excludes halogenated alkanes) is 52. The second-order valence-corrected chi connectivity index (χ2v) is 22.6. The van der Waals surface area contributed by atoms with Gasteiger partial charge in [0.05, 0.1) is 12.7 Å². The lowest BCUT2D eigenvalue weighted by Gasteiger charge is -2.10. The number of aliphatic hydroxyl groups excluding tert-OH is 1. The maximum absolute atomic E-state index is 11.9. The molecule has 416 valence electrons. The molecule has 0 aromatic heterocycles. The molecule has 0 fully saturated rings. The van der Waals surface area contributed by atoms with Crippen LogP contribution in [0.2, 0.25) is 0 Å². The number of ether oxygens (including phenoxy) is 1. The molecule has 0 aliphatic heterocycles. The summed E-state index contributed by atoms with van der Waals surface area (Å²) < 4.78 is 5.42. The van der Waals surface area contributed by atoms with Gasteiger partial charge in [0.15, 0.2) is 0 Å². The zero-order valence-electron chi connectivity index (χ0n) is 48.8. The fourth-order valence-electron chi connectivity index (χ4n) is 10.3. The van der Waals surface area contributed by atoms with Crippen molar-refractivity contribution in [1.29, 1.82) is 0 Å². The molecule has 0 saturated carbocycles. The Morgan fingerprint density at radius 1 is 0.261 bits per heavy atom. The lowest BCUT2D eigenvalue weighted by molar-refractivity contribution is -0.143. The van der Waals surface area contributed by atoms with Gasteiger partial charge in [-0.1, -0.05) is 374 Å². The topological polar surface area (TPSA) is 46.5 Å². The van der Waals surface area contributed by atoms with Gasteiger partial charge in [0.2, 0.25) is 0 Å². The van der Waals surface area contributed by atoms with Gasteiger partial charge in [0, 0.05) is 6.42 Å². The Morgan fingerprint density at radius 2 is 0.435 bits per heavy atom. The van der Waals surface area contributed by atoms with Crippen LogP contribution in [0.4, 0.5) is 0 Å². The van der Waals surface area contributed by atoms with Crippen molar-refractivity contribution in [3.63, 3.8) is 0 Å². The smallest absolute Gasteiger partial charge is 0.305 e. The van der Waals surface area contributed by atoms with Crippen LogP contribution >= 0.6 is 0 Å². The molecule has 0 saturated heterocycles. The highest BCUT2D eigenvalue weighted by Gasteiger charge is 2.05. The van der Waals surface area contributed by atoms with Crippen LogP contribution in [0.3, 0.4) is 0 Å². The molecule has 0 bridgehead atoms. The molecule has 0 radical (unpaired) electrons. The van der Waals surface area contributed by atoms with Crippen molar-refractivity contribution in [3.8, 4) is 0 Å². The quantitative estimate of drug-likeness (QED) is 0.0488. The summed E-state index contributed by atoms with van der Waals surface area (Å²) in [5.41, 5.74) is 0. The molecule has 1 unspecified atom stereocenters. The maximum atomic E-state index is 11.9. The molecule has 3 heteroatoms. The summed E-state index contributed by atoms with van der Waals surface area (Å²) in [5, 5.41) is 10.2. The Bertz CT molecular complexity index is 872. The Kier molecular flexibility index (Phi) is 68.9. The molecule has 0 aliphatic rings.